The van der Waals surface area contributed by atoms with Gasteiger partial charge in [-0.2, -0.15) is 0 Å². The number of benzene rings is 2. The molecule has 2 aromatic carbocycles. The Hall–Kier alpha value is -2.56. The highest BCUT2D eigenvalue weighted by Gasteiger charge is 2.11. The van der Waals surface area contributed by atoms with Crippen molar-refractivity contribution in [2.45, 2.75) is 13.5 Å². The van der Waals surface area contributed by atoms with Gasteiger partial charge in [-0.25, -0.2) is 0 Å². The topological polar surface area (TPSA) is 61.6 Å². The molecule has 0 aliphatic rings. The molecule has 20 heavy (non-hydrogen) atoms. The lowest BCUT2D eigenvalue weighted by atomic mass is 10.2. The molecule has 0 aromatic heterocycles. The first-order chi connectivity index (χ1) is 9.60. The average Bonchev–Trinajstić information content (AvgIpc) is 2.46. The number of nitrogens with zero attached hydrogens (tertiary/aromatic N) is 1. The molecule has 5 nitrogen and oxygen atoms in total. The van der Waals surface area contributed by atoms with E-state index in [1.54, 1.807) is 6.07 Å². The van der Waals surface area contributed by atoms with E-state index in [4.69, 9.17) is 9.47 Å². The predicted octanol–water partition coefficient (Wildman–Crippen LogP) is 3.49. The third-order valence-electron chi connectivity index (χ3n) is 2.89. The van der Waals surface area contributed by atoms with E-state index in [1.165, 1.54) is 19.2 Å². The van der Waals surface area contributed by atoms with Crippen LogP contribution in [0, 0.1) is 17.0 Å². The van der Waals surface area contributed by atoms with Crippen LogP contribution in [0.4, 0.5) is 5.69 Å². The van der Waals surface area contributed by atoms with Crippen LogP contribution in [0.3, 0.4) is 0 Å². The summed E-state index contributed by atoms with van der Waals surface area (Å²) in [6, 6.07) is 12.1. The largest absolute Gasteiger partial charge is 0.496 e. The number of hydrogen-bond acceptors (Lipinski definition) is 4. The van der Waals surface area contributed by atoms with Crippen molar-refractivity contribution >= 4 is 5.69 Å². The fraction of sp³-hybridized carbons (Fsp3) is 0.200. The molecule has 0 heterocycles. The number of non-ortho nitro benzene ring substituents is 1. The second-order valence-corrected chi connectivity index (χ2v) is 4.35. The highest BCUT2D eigenvalue weighted by atomic mass is 16.6. The van der Waals surface area contributed by atoms with Gasteiger partial charge in [-0.1, -0.05) is 17.7 Å². The Morgan fingerprint density at radius 1 is 1.15 bits per heavy atom. The lowest BCUT2D eigenvalue weighted by Gasteiger charge is -2.10. The zero-order valence-electron chi connectivity index (χ0n) is 11.3. The first-order valence-electron chi connectivity index (χ1n) is 6.11. The van der Waals surface area contributed by atoms with E-state index in [-0.39, 0.29) is 12.3 Å². The molecule has 0 saturated heterocycles. The molecule has 0 saturated carbocycles. The summed E-state index contributed by atoms with van der Waals surface area (Å²) in [6.45, 7) is 2.21. The molecule has 0 N–H and O–H groups in total. The van der Waals surface area contributed by atoms with Crippen molar-refractivity contribution in [3.05, 3.63) is 63.7 Å². The molecule has 5 heteroatoms. The van der Waals surface area contributed by atoms with Crippen LogP contribution in [0.25, 0.3) is 0 Å². The Balaban J connectivity index is 2.16. The zero-order valence-corrected chi connectivity index (χ0v) is 11.3. The molecule has 0 aliphatic carbocycles. The minimum Gasteiger partial charge on any atom is -0.496 e. The van der Waals surface area contributed by atoms with Gasteiger partial charge in [0.15, 0.2) is 0 Å². The summed E-state index contributed by atoms with van der Waals surface area (Å²) < 4.78 is 10.8. The molecule has 2 rings (SSSR count). The maximum absolute atomic E-state index is 10.8. The maximum Gasteiger partial charge on any atom is 0.270 e. The monoisotopic (exact) mass is 273 g/mol. The molecule has 0 fully saturated rings. The van der Waals surface area contributed by atoms with E-state index in [0.717, 1.165) is 5.56 Å². The molecule has 0 spiro atoms. The number of aryl methyl sites for hydroxylation is 1. The Morgan fingerprint density at radius 3 is 2.45 bits per heavy atom. The smallest absolute Gasteiger partial charge is 0.270 e. The first kappa shape index (κ1) is 13.9. The molecule has 0 amide bonds. The molecule has 0 atom stereocenters. The van der Waals surface area contributed by atoms with Gasteiger partial charge in [0.1, 0.15) is 18.1 Å². The van der Waals surface area contributed by atoms with Crippen molar-refractivity contribution in [3.8, 4) is 11.5 Å². The minimum atomic E-state index is -0.436. The quantitative estimate of drug-likeness (QED) is 0.618. The van der Waals surface area contributed by atoms with Crippen molar-refractivity contribution in [3.63, 3.8) is 0 Å². The second kappa shape index (κ2) is 6.06. The minimum absolute atomic E-state index is 0.0216. The number of rotatable bonds is 5. The lowest BCUT2D eigenvalue weighted by Crippen LogP contribution is -2.00. The Labute approximate surface area is 116 Å². The third-order valence-corrected chi connectivity index (χ3v) is 2.89. The number of methoxy groups -OCH3 is 1. The van der Waals surface area contributed by atoms with Crippen molar-refractivity contribution < 1.29 is 14.4 Å². The van der Waals surface area contributed by atoms with E-state index in [0.29, 0.717) is 17.1 Å². The van der Waals surface area contributed by atoms with Crippen LogP contribution >= 0.6 is 0 Å². The van der Waals surface area contributed by atoms with Crippen molar-refractivity contribution in [1.82, 2.24) is 0 Å². The van der Waals surface area contributed by atoms with Crippen LogP contribution in [-0.4, -0.2) is 12.0 Å². The summed E-state index contributed by atoms with van der Waals surface area (Å²) in [7, 11) is 1.52. The van der Waals surface area contributed by atoms with Gasteiger partial charge in [0, 0.05) is 17.7 Å². The van der Waals surface area contributed by atoms with E-state index in [2.05, 4.69) is 0 Å². The van der Waals surface area contributed by atoms with Gasteiger partial charge >= 0.3 is 0 Å². The fourth-order valence-electron chi connectivity index (χ4n) is 1.79. The Morgan fingerprint density at radius 2 is 1.85 bits per heavy atom. The summed E-state index contributed by atoms with van der Waals surface area (Å²) in [5.41, 5.74) is 1.81. The molecule has 104 valence electrons. The van der Waals surface area contributed by atoms with Crippen molar-refractivity contribution in [1.29, 1.82) is 0 Å². The van der Waals surface area contributed by atoms with Gasteiger partial charge in [-0.05, 0) is 25.1 Å². The highest BCUT2D eigenvalue weighted by Crippen LogP contribution is 2.25. The fourth-order valence-corrected chi connectivity index (χ4v) is 1.79. The summed E-state index contributed by atoms with van der Waals surface area (Å²) in [4.78, 5) is 10.4. The van der Waals surface area contributed by atoms with Gasteiger partial charge in [0.05, 0.1) is 12.0 Å². The number of hydrogen-bond donors (Lipinski definition) is 0. The van der Waals surface area contributed by atoms with E-state index in [1.807, 2.05) is 31.2 Å². The first-order valence-corrected chi connectivity index (χ1v) is 6.11. The van der Waals surface area contributed by atoms with Crippen molar-refractivity contribution in [2.24, 2.45) is 0 Å². The van der Waals surface area contributed by atoms with Gasteiger partial charge < -0.3 is 9.47 Å². The summed E-state index contributed by atoms with van der Waals surface area (Å²) in [6.07, 6.45) is 0. The SMILES string of the molecule is COc1ccc([N+](=O)[O-])cc1COc1ccc(C)cc1. The number of nitro groups is 1. The molecule has 0 radical (unpaired) electrons. The van der Waals surface area contributed by atoms with Gasteiger partial charge in [-0.15, -0.1) is 0 Å². The molecule has 0 unspecified atom stereocenters. The molecule has 0 aliphatic heterocycles. The summed E-state index contributed by atoms with van der Waals surface area (Å²) in [5, 5.41) is 10.8. The third kappa shape index (κ3) is 3.26. The van der Waals surface area contributed by atoms with Crippen LogP contribution in [-0.2, 0) is 6.61 Å². The van der Waals surface area contributed by atoms with Gasteiger partial charge in [0.25, 0.3) is 5.69 Å². The molecular formula is C15H15NO4. The summed E-state index contributed by atoms with van der Waals surface area (Å²) in [5.74, 6) is 1.28. The van der Waals surface area contributed by atoms with E-state index in [9.17, 15) is 10.1 Å². The van der Waals surface area contributed by atoms with Gasteiger partial charge in [-0.3, -0.25) is 10.1 Å². The normalized spacial score (nSPS) is 10.1. The maximum atomic E-state index is 10.8. The molecule has 2 aromatic rings. The zero-order chi connectivity index (χ0) is 14.5. The number of nitro benzene ring substituents is 1. The van der Waals surface area contributed by atoms with Crippen LogP contribution < -0.4 is 9.47 Å². The van der Waals surface area contributed by atoms with Crippen LogP contribution in [0.2, 0.25) is 0 Å². The molecule has 0 bridgehead atoms. The average molecular weight is 273 g/mol. The van der Waals surface area contributed by atoms with Gasteiger partial charge in [0.2, 0.25) is 0 Å². The second-order valence-electron chi connectivity index (χ2n) is 4.35. The van der Waals surface area contributed by atoms with E-state index < -0.39 is 4.92 Å². The van der Waals surface area contributed by atoms with Crippen molar-refractivity contribution in [2.75, 3.05) is 7.11 Å². The Bertz CT molecular complexity index is 608. The summed E-state index contributed by atoms with van der Waals surface area (Å²) >= 11 is 0. The van der Waals surface area contributed by atoms with Crippen LogP contribution in [0.1, 0.15) is 11.1 Å². The molecular weight excluding hydrogens is 258 g/mol. The standard InChI is InChI=1S/C15H15NO4/c1-11-3-6-14(7-4-11)20-10-12-9-13(16(17)18)5-8-15(12)19-2/h3-9H,10H2,1-2H3. The van der Waals surface area contributed by atoms with Crippen LogP contribution in [0.5, 0.6) is 11.5 Å². The van der Waals surface area contributed by atoms with E-state index >= 15 is 0 Å². The Kier molecular flexibility index (Phi) is 4.20. The van der Waals surface area contributed by atoms with Crippen LogP contribution in [0.15, 0.2) is 42.5 Å². The predicted molar refractivity (Wildman–Crippen MR) is 75.2 cm³/mol. The highest BCUT2D eigenvalue weighted by molar-refractivity contribution is 5.43. The number of ether oxygens (including phenoxy) is 2. The lowest BCUT2D eigenvalue weighted by molar-refractivity contribution is -0.385.